The smallest absolute Gasteiger partial charge is 0.227 e. The number of rotatable bonds is 5. The second-order valence-corrected chi connectivity index (χ2v) is 6.13. The number of carbonyl (C=O) groups excluding carboxylic acids is 1. The molecule has 1 fully saturated rings. The lowest BCUT2D eigenvalue weighted by Crippen LogP contribution is -2.37. The number of methoxy groups -OCH3 is 1. The molecule has 5 heteroatoms. The van der Waals surface area contributed by atoms with Crippen molar-refractivity contribution in [3.05, 3.63) is 54.4 Å². The molecular formula is C19H23N3O2. The van der Waals surface area contributed by atoms with Gasteiger partial charge in [-0.15, -0.1) is 0 Å². The largest absolute Gasteiger partial charge is 0.497 e. The van der Waals surface area contributed by atoms with Crippen LogP contribution in [0.2, 0.25) is 0 Å². The van der Waals surface area contributed by atoms with E-state index in [0.29, 0.717) is 0 Å². The third-order valence-electron chi connectivity index (χ3n) is 4.43. The Hall–Kier alpha value is -2.40. The van der Waals surface area contributed by atoms with Crippen molar-refractivity contribution in [2.45, 2.75) is 19.4 Å². The molecule has 0 bridgehead atoms. The number of amides is 1. The molecule has 1 aliphatic rings. The zero-order valence-electron chi connectivity index (χ0n) is 13.9. The molecule has 0 unspecified atom stereocenters. The third kappa shape index (κ3) is 4.32. The van der Waals surface area contributed by atoms with E-state index in [-0.39, 0.29) is 11.8 Å². The highest BCUT2D eigenvalue weighted by Crippen LogP contribution is 2.22. The first-order valence-electron chi connectivity index (χ1n) is 8.31. The van der Waals surface area contributed by atoms with Crippen molar-refractivity contribution >= 4 is 11.6 Å². The number of likely N-dealkylation sites (tertiary alicyclic amines) is 1. The van der Waals surface area contributed by atoms with E-state index in [9.17, 15) is 4.79 Å². The summed E-state index contributed by atoms with van der Waals surface area (Å²) in [5.41, 5.74) is 2.01. The number of nitrogens with one attached hydrogen (secondary N) is 1. The van der Waals surface area contributed by atoms with Crippen LogP contribution in [0.5, 0.6) is 5.75 Å². The molecule has 2 aromatic rings. The Labute approximate surface area is 142 Å². The van der Waals surface area contributed by atoms with Gasteiger partial charge in [0.1, 0.15) is 5.75 Å². The van der Waals surface area contributed by atoms with Gasteiger partial charge >= 0.3 is 0 Å². The summed E-state index contributed by atoms with van der Waals surface area (Å²) >= 11 is 0. The summed E-state index contributed by atoms with van der Waals surface area (Å²) in [7, 11) is 1.69. The van der Waals surface area contributed by atoms with Gasteiger partial charge in [0.15, 0.2) is 0 Å². The normalized spacial score (nSPS) is 15.9. The van der Waals surface area contributed by atoms with Gasteiger partial charge in [-0.2, -0.15) is 0 Å². The number of nitrogens with zero attached hydrogens (tertiary/aromatic N) is 2. The van der Waals surface area contributed by atoms with Crippen molar-refractivity contribution < 1.29 is 9.53 Å². The Kier molecular flexibility index (Phi) is 5.43. The lowest BCUT2D eigenvalue weighted by molar-refractivity contribution is -0.121. The standard InChI is InChI=1S/C19H23N3O2/c1-24-18-6-2-4-15(12-18)14-22-10-7-16(8-11-22)19(23)21-17-5-3-9-20-13-17/h2-6,9,12-13,16H,7-8,10-11,14H2,1H3,(H,21,23). The first-order chi connectivity index (χ1) is 11.7. The molecule has 1 aliphatic heterocycles. The van der Waals surface area contributed by atoms with Crippen LogP contribution in [-0.4, -0.2) is 36.0 Å². The zero-order chi connectivity index (χ0) is 16.8. The Bertz CT molecular complexity index is 667. The predicted molar refractivity (Wildman–Crippen MR) is 93.9 cm³/mol. The van der Waals surface area contributed by atoms with Crippen LogP contribution < -0.4 is 10.1 Å². The van der Waals surface area contributed by atoms with Crippen molar-refractivity contribution in [3.8, 4) is 5.75 Å². The molecule has 1 saturated heterocycles. The van der Waals surface area contributed by atoms with E-state index < -0.39 is 0 Å². The fourth-order valence-corrected chi connectivity index (χ4v) is 3.06. The average molecular weight is 325 g/mol. The van der Waals surface area contributed by atoms with Gasteiger partial charge in [0, 0.05) is 18.7 Å². The van der Waals surface area contributed by atoms with E-state index in [4.69, 9.17) is 4.74 Å². The molecular weight excluding hydrogens is 302 g/mol. The SMILES string of the molecule is COc1cccc(CN2CCC(C(=O)Nc3cccnc3)CC2)c1. The summed E-state index contributed by atoms with van der Waals surface area (Å²) in [4.78, 5) is 18.8. The lowest BCUT2D eigenvalue weighted by atomic mass is 9.95. The van der Waals surface area contributed by atoms with E-state index in [1.54, 1.807) is 19.5 Å². The molecule has 0 aliphatic carbocycles. The maximum atomic E-state index is 12.3. The monoisotopic (exact) mass is 325 g/mol. The predicted octanol–water partition coefficient (Wildman–Crippen LogP) is 2.94. The van der Waals surface area contributed by atoms with Gasteiger partial charge in [0.2, 0.25) is 5.91 Å². The number of aromatic nitrogens is 1. The summed E-state index contributed by atoms with van der Waals surface area (Å²) in [5.74, 6) is 1.06. The number of hydrogen-bond acceptors (Lipinski definition) is 4. The van der Waals surface area contributed by atoms with Crippen molar-refractivity contribution in [1.82, 2.24) is 9.88 Å². The third-order valence-corrected chi connectivity index (χ3v) is 4.43. The van der Waals surface area contributed by atoms with E-state index >= 15 is 0 Å². The molecule has 126 valence electrons. The minimum atomic E-state index is 0.0757. The van der Waals surface area contributed by atoms with Crippen LogP contribution in [0.15, 0.2) is 48.8 Å². The van der Waals surface area contributed by atoms with Crippen LogP contribution in [0, 0.1) is 5.92 Å². The maximum absolute atomic E-state index is 12.3. The van der Waals surface area contributed by atoms with Gasteiger partial charge in [0.25, 0.3) is 0 Å². The fourth-order valence-electron chi connectivity index (χ4n) is 3.06. The van der Waals surface area contributed by atoms with E-state index in [0.717, 1.165) is 43.9 Å². The Morgan fingerprint density at radius 3 is 2.83 bits per heavy atom. The van der Waals surface area contributed by atoms with Gasteiger partial charge in [0.05, 0.1) is 19.0 Å². The van der Waals surface area contributed by atoms with Crippen molar-refractivity contribution in [3.63, 3.8) is 0 Å². The van der Waals surface area contributed by atoms with E-state index in [2.05, 4.69) is 27.3 Å². The van der Waals surface area contributed by atoms with Crippen molar-refractivity contribution in [2.24, 2.45) is 5.92 Å². The van der Waals surface area contributed by atoms with Crippen LogP contribution in [0.3, 0.4) is 0 Å². The molecule has 2 heterocycles. The van der Waals surface area contributed by atoms with Crippen LogP contribution in [-0.2, 0) is 11.3 Å². The number of pyridine rings is 1. The second kappa shape index (κ2) is 7.93. The van der Waals surface area contributed by atoms with Gasteiger partial charge in [-0.1, -0.05) is 12.1 Å². The fraction of sp³-hybridized carbons (Fsp3) is 0.368. The minimum absolute atomic E-state index is 0.0757. The number of carbonyl (C=O) groups is 1. The molecule has 0 atom stereocenters. The van der Waals surface area contributed by atoms with Gasteiger partial charge < -0.3 is 10.1 Å². The Balaban J connectivity index is 1.49. The molecule has 0 spiro atoms. The molecule has 1 amide bonds. The maximum Gasteiger partial charge on any atom is 0.227 e. The van der Waals surface area contributed by atoms with Crippen LogP contribution >= 0.6 is 0 Å². The van der Waals surface area contributed by atoms with Crippen molar-refractivity contribution in [2.75, 3.05) is 25.5 Å². The molecule has 3 rings (SSSR count). The number of anilines is 1. The molecule has 0 radical (unpaired) electrons. The van der Waals surface area contributed by atoms with Crippen molar-refractivity contribution in [1.29, 1.82) is 0 Å². The Morgan fingerprint density at radius 1 is 1.29 bits per heavy atom. The minimum Gasteiger partial charge on any atom is -0.497 e. The average Bonchev–Trinajstić information content (AvgIpc) is 2.63. The highest BCUT2D eigenvalue weighted by molar-refractivity contribution is 5.92. The number of benzene rings is 1. The first-order valence-corrected chi connectivity index (χ1v) is 8.31. The highest BCUT2D eigenvalue weighted by atomic mass is 16.5. The quantitative estimate of drug-likeness (QED) is 0.918. The molecule has 0 saturated carbocycles. The summed E-state index contributed by atoms with van der Waals surface area (Å²) in [5, 5.41) is 2.95. The van der Waals surface area contributed by atoms with Crippen LogP contribution in [0.4, 0.5) is 5.69 Å². The highest BCUT2D eigenvalue weighted by Gasteiger charge is 2.25. The topological polar surface area (TPSA) is 54.5 Å². The van der Waals surface area contributed by atoms with Gasteiger partial charge in [-0.05, 0) is 55.8 Å². The summed E-state index contributed by atoms with van der Waals surface area (Å²) < 4.78 is 5.27. The van der Waals surface area contributed by atoms with Crippen LogP contribution in [0.25, 0.3) is 0 Å². The summed E-state index contributed by atoms with van der Waals surface area (Å²) in [6.45, 7) is 2.76. The molecule has 5 nitrogen and oxygen atoms in total. The molecule has 24 heavy (non-hydrogen) atoms. The number of ether oxygens (including phenoxy) is 1. The number of hydrogen-bond donors (Lipinski definition) is 1. The zero-order valence-corrected chi connectivity index (χ0v) is 13.9. The van der Waals surface area contributed by atoms with Gasteiger partial charge in [-0.25, -0.2) is 0 Å². The summed E-state index contributed by atoms with van der Waals surface area (Å²) in [6, 6.07) is 11.8. The first kappa shape index (κ1) is 16.5. The summed E-state index contributed by atoms with van der Waals surface area (Å²) in [6.07, 6.45) is 5.15. The Morgan fingerprint density at radius 2 is 2.12 bits per heavy atom. The van der Waals surface area contributed by atoms with Crippen LogP contribution in [0.1, 0.15) is 18.4 Å². The lowest BCUT2D eigenvalue weighted by Gasteiger charge is -2.31. The molecule has 1 aromatic heterocycles. The van der Waals surface area contributed by atoms with Gasteiger partial charge in [-0.3, -0.25) is 14.7 Å². The molecule has 1 aromatic carbocycles. The number of piperidine rings is 1. The molecule has 1 N–H and O–H groups in total. The second-order valence-electron chi connectivity index (χ2n) is 6.13. The van der Waals surface area contributed by atoms with E-state index in [1.807, 2.05) is 24.3 Å². The van der Waals surface area contributed by atoms with E-state index in [1.165, 1.54) is 5.56 Å².